The van der Waals surface area contributed by atoms with Crippen LogP contribution in [0.3, 0.4) is 0 Å². The summed E-state index contributed by atoms with van der Waals surface area (Å²) in [7, 11) is 0. The molecule has 27 heavy (non-hydrogen) atoms. The maximum absolute atomic E-state index is 12.3. The van der Waals surface area contributed by atoms with Gasteiger partial charge in [-0.25, -0.2) is 4.79 Å². The Bertz CT molecular complexity index is 845. The van der Waals surface area contributed by atoms with Crippen molar-refractivity contribution in [3.63, 3.8) is 0 Å². The third-order valence-electron chi connectivity index (χ3n) is 4.74. The number of fused-ring (bicyclic) bond motifs is 1. The maximum Gasteiger partial charge on any atom is 0.323 e. The molecule has 0 saturated carbocycles. The molecule has 5 heteroatoms. The maximum atomic E-state index is 12.3. The average Bonchev–Trinajstić information content (AvgIpc) is 2.60. The van der Waals surface area contributed by atoms with E-state index in [1.165, 1.54) is 0 Å². The zero-order valence-electron chi connectivity index (χ0n) is 16.2. The van der Waals surface area contributed by atoms with E-state index in [2.05, 4.69) is 24.5 Å². The summed E-state index contributed by atoms with van der Waals surface area (Å²) < 4.78 is 0. The molecule has 3 amide bonds. The van der Waals surface area contributed by atoms with Gasteiger partial charge in [0, 0.05) is 30.0 Å². The molecule has 1 heterocycles. The minimum absolute atomic E-state index is 0.182. The van der Waals surface area contributed by atoms with E-state index in [0.717, 1.165) is 41.2 Å². The highest BCUT2D eigenvalue weighted by Crippen LogP contribution is 2.31. The number of aryl methyl sites for hydroxylation is 2. The summed E-state index contributed by atoms with van der Waals surface area (Å²) in [4.78, 5) is 26.5. The predicted molar refractivity (Wildman–Crippen MR) is 110 cm³/mol. The Morgan fingerprint density at radius 2 is 1.81 bits per heavy atom. The van der Waals surface area contributed by atoms with Gasteiger partial charge in [-0.05, 0) is 67.1 Å². The molecule has 0 bridgehead atoms. The van der Waals surface area contributed by atoms with Crippen LogP contribution in [0.25, 0.3) is 0 Å². The summed E-state index contributed by atoms with van der Waals surface area (Å²) in [5.41, 5.74) is 4.66. The molecule has 1 aliphatic rings. The van der Waals surface area contributed by atoms with E-state index in [1.807, 2.05) is 54.3 Å². The van der Waals surface area contributed by atoms with E-state index in [9.17, 15) is 9.59 Å². The number of carbonyl (C=O) groups is 2. The standard InChI is InChI=1S/C22H27N3O2/c1-15(2)11-12-25-20-9-8-19(14-17(20)7-10-21(25)26)24-22(27)23-18-6-4-5-16(3)13-18/h4-6,8-9,13-15H,7,10-12H2,1-3H3,(H2,23,24,27). The van der Waals surface area contributed by atoms with E-state index < -0.39 is 0 Å². The highest BCUT2D eigenvalue weighted by molar-refractivity contribution is 6.01. The van der Waals surface area contributed by atoms with Crippen LogP contribution in [-0.4, -0.2) is 18.5 Å². The lowest BCUT2D eigenvalue weighted by molar-refractivity contribution is -0.118. The molecule has 0 unspecified atom stereocenters. The second-order valence-corrected chi connectivity index (χ2v) is 7.52. The topological polar surface area (TPSA) is 61.4 Å². The molecule has 0 aromatic heterocycles. The Morgan fingerprint density at radius 1 is 1.07 bits per heavy atom. The number of nitrogens with zero attached hydrogens (tertiary/aromatic N) is 1. The van der Waals surface area contributed by atoms with Crippen LogP contribution < -0.4 is 15.5 Å². The monoisotopic (exact) mass is 365 g/mol. The SMILES string of the molecule is Cc1cccc(NC(=O)Nc2ccc3c(c2)CCC(=O)N3CCC(C)C)c1. The molecule has 0 fully saturated rings. The summed E-state index contributed by atoms with van der Waals surface area (Å²) in [5, 5.41) is 5.73. The number of amides is 3. The van der Waals surface area contributed by atoms with Crippen LogP contribution in [0.15, 0.2) is 42.5 Å². The third kappa shape index (κ3) is 4.88. The van der Waals surface area contributed by atoms with Crippen molar-refractivity contribution in [2.45, 2.75) is 40.0 Å². The number of hydrogen-bond donors (Lipinski definition) is 2. The van der Waals surface area contributed by atoms with Gasteiger partial charge in [-0.3, -0.25) is 4.79 Å². The molecule has 2 aromatic carbocycles. The fraction of sp³-hybridized carbons (Fsp3) is 0.364. The number of nitrogens with one attached hydrogen (secondary N) is 2. The fourth-order valence-corrected chi connectivity index (χ4v) is 3.29. The van der Waals surface area contributed by atoms with Crippen LogP contribution >= 0.6 is 0 Å². The van der Waals surface area contributed by atoms with Gasteiger partial charge < -0.3 is 15.5 Å². The molecule has 1 aliphatic heterocycles. The largest absolute Gasteiger partial charge is 0.323 e. The minimum Gasteiger partial charge on any atom is -0.312 e. The lowest BCUT2D eigenvalue weighted by Gasteiger charge is -2.30. The highest BCUT2D eigenvalue weighted by atomic mass is 16.2. The molecule has 2 N–H and O–H groups in total. The zero-order chi connectivity index (χ0) is 19.4. The van der Waals surface area contributed by atoms with E-state index >= 15 is 0 Å². The van der Waals surface area contributed by atoms with Crippen molar-refractivity contribution in [3.05, 3.63) is 53.6 Å². The van der Waals surface area contributed by atoms with Crippen LogP contribution in [0.1, 0.15) is 37.8 Å². The zero-order valence-corrected chi connectivity index (χ0v) is 16.2. The van der Waals surface area contributed by atoms with Crippen molar-refractivity contribution in [1.82, 2.24) is 0 Å². The normalized spacial score (nSPS) is 13.5. The molecular weight excluding hydrogens is 338 g/mol. The van der Waals surface area contributed by atoms with Crippen LogP contribution in [0.2, 0.25) is 0 Å². The molecule has 5 nitrogen and oxygen atoms in total. The molecule has 2 aromatic rings. The smallest absolute Gasteiger partial charge is 0.312 e. The van der Waals surface area contributed by atoms with E-state index in [0.29, 0.717) is 18.8 Å². The summed E-state index contributed by atoms with van der Waals surface area (Å²) in [5.74, 6) is 0.732. The van der Waals surface area contributed by atoms with Crippen molar-refractivity contribution >= 4 is 29.0 Å². The quantitative estimate of drug-likeness (QED) is 0.786. The number of hydrogen-bond acceptors (Lipinski definition) is 2. The summed E-state index contributed by atoms with van der Waals surface area (Å²) in [6, 6.07) is 13.2. The van der Waals surface area contributed by atoms with Crippen molar-refractivity contribution in [3.8, 4) is 0 Å². The molecule has 0 atom stereocenters. The van der Waals surface area contributed by atoms with Crippen molar-refractivity contribution in [2.75, 3.05) is 22.1 Å². The van der Waals surface area contributed by atoms with E-state index in [1.54, 1.807) is 0 Å². The van der Waals surface area contributed by atoms with Gasteiger partial charge in [0.15, 0.2) is 0 Å². The number of carbonyl (C=O) groups excluding carboxylic acids is 2. The third-order valence-corrected chi connectivity index (χ3v) is 4.74. The fourth-order valence-electron chi connectivity index (χ4n) is 3.29. The van der Waals surface area contributed by atoms with Crippen LogP contribution in [0.4, 0.5) is 21.9 Å². The van der Waals surface area contributed by atoms with Crippen molar-refractivity contribution in [2.24, 2.45) is 5.92 Å². The van der Waals surface area contributed by atoms with Gasteiger partial charge >= 0.3 is 6.03 Å². The van der Waals surface area contributed by atoms with Crippen molar-refractivity contribution < 1.29 is 9.59 Å². The Balaban J connectivity index is 1.70. The Morgan fingerprint density at radius 3 is 2.52 bits per heavy atom. The Kier molecular flexibility index (Phi) is 5.79. The Labute approximate surface area is 160 Å². The molecule has 3 rings (SSSR count). The molecule has 142 valence electrons. The summed E-state index contributed by atoms with van der Waals surface area (Å²) in [6.07, 6.45) is 2.20. The van der Waals surface area contributed by atoms with Crippen molar-refractivity contribution in [1.29, 1.82) is 0 Å². The van der Waals surface area contributed by atoms with Crippen LogP contribution in [0, 0.1) is 12.8 Å². The summed E-state index contributed by atoms with van der Waals surface area (Å²) >= 11 is 0. The van der Waals surface area contributed by atoms with Gasteiger partial charge in [0.05, 0.1) is 0 Å². The molecule has 0 spiro atoms. The summed E-state index contributed by atoms with van der Waals surface area (Å²) in [6.45, 7) is 7.05. The van der Waals surface area contributed by atoms with Gasteiger partial charge in [0.1, 0.15) is 0 Å². The minimum atomic E-state index is -0.274. The molecule has 0 aliphatic carbocycles. The first-order chi connectivity index (χ1) is 12.9. The highest BCUT2D eigenvalue weighted by Gasteiger charge is 2.24. The first-order valence-electron chi connectivity index (χ1n) is 9.50. The van der Waals surface area contributed by atoms with Gasteiger partial charge in [0.25, 0.3) is 0 Å². The lowest BCUT2D eigenvalue weighted by Crippen LogP contribution is -2.36. The predicted octanol–water partition coefficient (Wildman–Crippen LogP) is 4.96. The van der Waals surface area contributed by atoms with Crippen LogP contribution in [0.5, 0.6) is 0 Å². The van der Waals surface area contributed by atoms with Crippen LogP contribution in [-0.2, 0) is 11.2 Å². The first-order valence-corrected chi connectivity index (χ1v) is 9.50. The van der Waals surface area contributed by atoms with Gasteiger partial charge in [-0.1, -0.05) is 26.0 Å². The first kappa shape index (κ1) is 19.0. The number of urea groups is 1. The lowest BCUT2D eigenvalue weighted by atomic mass is 9.99. The molecule has 0 radical (unpaired) electrons. The van der Waals surface area contributed by atoms with E-state index in [-0.39, 0.29) is 11.9 Å². The molecule has 0 saturated heterocycles. The number of anilines is 3. The Hall–Kier alpha value is -2.82. The second-order valence-electron chi connectivity index (χ2n) is 7.52. The molecular formula is C22H27N3O2. The number of benzene rings is 2. The van der Waals surface area contributed by atoms with Gasteiger partial charge in [-0.2, -0.15) is 0 Å². The second kappa shape index (κ2) is 8.25. The van der Waals surface area contributed by atoms with Gasteiger partial charge in [0.2, 0.25) is 5.91 Å². The van der Waals surface area contributed by atoms with Gasteiger partial charge in [-0.15, -0.1) is 0 Å². The average molecular weight is 365 g/mol. The number of rotatable bonds is 5. The van der Waals surface area contributed by atoms with E-state index in [4.69, 9.17) is 0 Å².